The van der Waals surface area contributed by atoms with Crippen LogP contribution < -0.4 is 21.4 Å². The number of aliphatic hydroxyl groups excluding tert-OH is 1. The molecule has 3 aromatic carbocycles. The molecule has 9 nitrogen and oxygen atoms in total. The van der Waals surface area contributed by atoms with Crippen molar-refractivity contribution in [2.75, 3.05) is 11.9 Å². The molecule has 0 spiro atoms. The summed E-state index contributed by atoms with van der Waals surface area (Å²) >= 11 is 0. The van der Waals surface area contributed by atoms with E-state index in [0.717, 1.165) is 16.7 Å². The van der Waals surface area contributed by atoms with Crippen molar-refractivity contribution in [3.05, 3.63) is 90.0 Å². The minimum atomic E-state index is -1.29. The quantitative estimate of drug-likeness (QED) is 0.191. The molecule has 0 unspecified atom stereocenters. The normalized spacial score (nSPS) is 13.2. The van der Waals surface area contributed by atoms with Crippen molar-refractivity contribution in [2.45, 2.75) is 32.0 Å². The van der Waals surface area contributed by atoms with Gasteiger partial charge in [0.15, 0.2) is 0 Å². The third kappa shape index (κ3) is 7.22. The number of anilines is 1. The number of amides is 3. The fourth-order valence-corrected chi connectivity index (χ4v) is 3.57. The molecule has 36 heavy (non-hydrogen) atoms. The summed E-state index contributed by atoms with van der Waals surface area (Å²) in [5.74, 6) is -1.63. The van der Waals surface area contributed by atoms with Crippen LogP contribution in [-0.4, -0.2) is 46.7 Å². The molecule has 0 heterocycles. The largest absolute Gasteiger partial charge is 0.391 e. The van der Waals surface area contributed by atoms with Gasteiger partial charge in [0.05, 0.1) is 12.6 Å². The summed E-state index contributed by atoms with van der Waals surface area (Å²) in [5, 5.41) is 26.9. The summed E-state index contributed by atoms with van der Waals surface area (Å²) in [6.45, 7) is 3.51. The predicted octanol–water partition coefficient (Wildman–Crippen LogP) is 2.63. The molecule has 188 valence electrons. The maximum absolute atomic E-state index is 12.4. The first kappa shape index (κ1) is 26.6. The zero-order chi connectivity index (χ0) is 26.1. The van der Waals surface area contributed by atoms with Crippen LogP contribution in [0.3, 0.4) is 0 Å². The molecule has 0 aliphatic heterocycles. The van der Waals surface area contributed by atoms with Crippen LogP contribution in [0.4, 0.5) is 5.69 Å². The Hall–Kier alpha value is -4.05. The lowest BCUT2D eigenvalue weighted by Crippen LogP contribution is -2.51. The summed E-state index contributed by atoms with van der Waals surface area (Å²) in [6.07, 6.45) is -1.19. The minimum Gasteiger partial charge on any atom is -0.391 e. The van der Waals surface area contributed by atoms with E-state index >= 15 is 0 Å². The maximum Gasteiger partial charge on any atom is 0.268 e. The SMILES string of the molecule is C[C@@H](NCC(=O)Nc1ccc(-c2ccc(C(=O)N[C@H](C(=O)NO)[C@@H](C)O)cc2)cc1)c1ccccc1. The first-order valence-corrected chi connectivity index (χ1v) is 11.5. The maximum atomic E-state index is 12.4. The van der Waals surface area contributed by atoms with E-state index in [4.69, 9.17) is 5.21 Å². The van der Waals surface area contributed by atoms with Crippen molar-refractivity contribution in [1.29, 1.82) is 0 Å². The highest BCUT2D eigenvalue weighted by Gasteiger charge is 2.25. The number of carbonyl (C=O) groups is 3. The van der Waals surface area contributed by atoms with Gasteiger partial charge in [-0.3, -0.25) is 19.6 Å². The summed E-state index contributed by atoms with van der Waals surface area (Å²) < 4.78 is 0. The van der Waals surface area contributed by atoms with Gasteiger partial charge >= 0.3 is 0 Å². The Morgan fingerprint density at radius 2 is 1.42 bits per heavy atom. The fraction of sp³-hybridized carbons (Fsp3) is 0.222. The minimum absolute atomic E-state index is 0.0501. The van der Waals surface area contributed by atoms with E-state index in [1.807, 2.05) is 49.4 Å². The van der Waals surface area contributed by atoms with Gasteiger partial charge in [0.25, 0.3) is 11.8 Å². The summed E-state index contributed by atoms with van der Waals surface area (Å²) in [4.78, 5) is 36.4. The molecule has 3 aromatic rings. The Morgan fingerprint density at radius 1 is 0.833 bits per heavy atom. The highest BCUT2D eigenvalue weighted by Crippen LogP contribution is 2.22. The summed E-state index contributed by atoms with van der Waals surface area (Å²) in [6, 6.07) is 22.7. The molecule has 3 rings (SSSR count). The number of hydroxylamine groups is 1. The molecule has 3 amide bonds. The van der Waals surface area contributed by atoms with Gasteiger partial charge in [0.1, 0.15) is 6.04 Å². The number of hydrogen-bond acceptors (Lipinski definition) is 6. The molecular weight excluding hydrogens is 460 g/mol. The van der Waals surface area contributed by atoms with Gasteiger partial charge in [0, 0.05) is 17.3 Å². The Bertz CT molecular complexity index is 1170. The summed E-state index contributed by atoms with van der Waals surface area (Å²) in [7, 11) is 0. The number of hydrogen-bond donors (Lipinski definition) is 6. The van der Waals surface area contributed by atoms with Gasteiger partial charge < -0.3 is 21.1 Å². The van der Waals surface area contributed by atoms with Gasteiger partial charge in [-0.05, 0) is 54.8 Å². The zero-order valence-corrected chi connectivity index (χ0v) is 20.1. The molecule has 9 heteroatoms. The van der Waals surface area contributed by atoms with Gasteiger partial charge in [-0.25, -0.2) is 5.48 Å². The standard InChI is InChI=1S/C27H30N4O5/c1-17(19-6-4-3-5-7-19)28-16-24(33)29-23-14-12-21(13-15-23)20-8-10-22(11-9-20)26(34)30-25(18(2)32)27(35)31-36/h3-15,17-18,25,28,32,36H,16H2,1-2H3,(H,29,33)(H,30,34)(H,31,35)/t17-,18-,25+/m1/s1. The molecule has 0 saturated carbocycles. The molecule has 6 N–H and O–H groups in total. The van der Waals surface area contributed by atoms with Gasteiger partial charge in [-0.2, -0.15) is 0 Å². The van der Waals surface area contributed by atoms with Crippen LogP contribution in [0.25, 0.3) is 11.1 Å². The fourth-order valence-electron chi connectivity index (χ4n) is 3.57. The Kier molecular flexibility index (Phi) is 9.29. The lowest BCUT2D eigenvalue weighted by molar-refractivity contribution is -0.133. The highest BCUT2D eigenvalue weighted by atomic mass is 16.5. The monoisotopic (exact) mass is 490 g/mol. The van der Waals surface area contributed by atoms with Crippen molar-refractivity contribution in [2.24, 2.45) is 0 Å². The second kappa shape index (κ2) is 12.6. The van der Waals surface area contributed by atoms with Crippen LogP contribution in [0.5, 0.6) is 0 Å². The van der Waals surface area contributed by atoms with Crippen LogP contribution in [0.15, 0.2) is 78.9 Å². The molecule has 0 bridgehead atoms. The van der Waals surface area contributed by atoms with Crippen molar-refractivity contribution >= 4 is 23.4 Å². The number of carbonyl (C=O) groups excluding carboxylic acids is 3. The van der Waals surface area contributed by atoms with Crippen molar-refractivity contribution in [3.8, 4) is 11.1 Å². The topological polar surface area (TPSA) is 140 Å². The Labute approximate surface area is 209 Å². The predicted molar refractivity (Wildman–Crippen MR) is 136 cm³/mol. The first-order valence-electron chi connectivity index (χ1n) is 11.5. The molecule has 0 radical (unpaired) electrons. The molecule has 3 atom stereocenters. The van der Waals surface area contributed by atoms with Gasteiger partial charge in [0.2, 0.25) is 5.91 Å². The number of nitrogens with one attached hydrogen (secondary N) is 4. The molecule has 0 aromatic heterocycles. The number of rotatable bonds is 10. The smallest absolute Gasteiger partial charge is 0.268 e. The summed E-state index contributed by atoms with van der Waals surface area (Å²) in [5.41, 5.74) is 5.22. The Morgan fingerprint density at radius 3 is 1.97 bits per heavy atom. The van der Waals surface area contributed by atoms with E-state index in [1.54, 1.807) is 36.4 Å². The van der Waals surface area contributed by atoms with Crippen molar-refractivity contribution in [3.63, 3.8) is 0 Å². The van der Waals surface area contributed by atoms with E-state index in [-0.39, 0.29) is 24.1 Å². The average molecular weight is 491 g/mol. The van der Waals surface area contributed by atoms with Crippen LogP contribution in [0, 0.1) is 0 Å². The first-order chi connectivity index (χ1) is 17.3. The van der Waals surface area contributed by atoms with Crippen molar-refractivity contribution < 1.29 is 24.7 Å². The number of benzene rings is 3. The second-order valence-corrected chi connectivity index (χ2v) is 8.38. The van der Waals surface area contributed by atoms with Crippen LogP contribution in [0.2, 0.25) is 0 Å². The molecule has 0 fully saturated rings. The zero-order valence-electron chi connectivity index (χ0n) is 20.1. The van der Waals surface area contributed by atoms with E-state index in [1.165, 1.54) is 12.4 Å². The molecule has 0 saturated heterocycles. The highest BCUT2D eigenvalue weighted by molar-refractivity contribution is 5.98. The van der Waals surface area contributed by atoms with Gasteiger partial charge in [-0.15, -0.1) is 0 Å². The lowest BCUT2D eigenvalue weighted by atomic mass is 10.0. The van der Waals surface area contributed by atoms with Gasteiger partial charge in [-0.1, -0.05) is 54.6 Å². The average Bonchev–Trinajstić information content (AvgIpc) is 2.90. The Balaban J connectivity index is 1.55. The van der Waals surface area contributed by atoms with Crippen molar-refractivity contribution in [1.82, 2.24) is 16.1 Å². The van der Waals surface area contributed by atoms with Crippen LogP contribution >= 0.6 is 0 Å². The molecular formula is C27H30N4O5. The van der Waals surface area contributed by atoms with E-state index in [0.29, 0.717) is 5.69 Å². The molecule has 0 aliphatic carbocycles. The third-order valence-corrected chi connectivity index (χ3v) is 5.68. The lowest BCUT2D eigenvalue weighted by Gasteiger charge is -2.19. The van der Waals surface area contributed by atoms with E-state index < -0.39 is 24.0 Å². The molecule has 0 aliphatic rings. The van der Waals surface area contributed by atoms with E-state index in [9.17, 15) is 19.5 Å². The van der Waals surface area contributed by atoms with Crippen LogP contribution in [0.1, 0.15) is 35.8 Å². The number of aliphatic hydroxyl groups is 1. The second-order valence-electron chi connectivity index (χ2n) is 8.38. The van der Waals surface area contributed by atoms with E-state index in [2.05, 4.69) is 16.0 Å². The third-order valence-electron chi connectivity index (χ3n) is 5.68. The van der Waals surface area contributed by atoms with Crippen LogP contribution in [-0.2, 0) is 9.59 Å².